The molecule has 0 saturated heterocycles. The highest BCUT2D eigenvalue weighted by molar-refractivity contribution is 4.45. The Morgan fingerprint density at radius 1 is 1.00 bits per heavy atom. The molecule has 0 rings (SSSR count). The molecule has 0 aliphatic rings. The predicted molar refractivity (Wildman–Crippen MR) is 53.3 cm³/mol. The number of nitrogens with one attached hydrogen (secondary N) is 1. The molecule has 0 aromatic heterocycles. The van der Waals surface area contributed by atoms with Gasteiger partial charge in [0.25, 0.3) is 0 Å². The molecule has 0 aromatic carbocycles. The first-order chi connectivity index (χ1) is 5.91. The summed E-state index contributed by atoms with van der Waals surface area (Å²) in [5.41, 5.74) is 0. The van der Waals surface area contributed by atoms with Crippen molar-refractivity contribution in [3.05, 3.63) is 0 Å². The lowest BCUT2D eigenvalue weighted by Crippen LogP contribution is -2.06. The van der Waals surface area contributed by atoms with E-state index < -0.39 is 0 Å². The van der Waals surface area contributed by atoms with Crippen LogP contribution in [0, 0.1) is 0 Å². The Hall–Kier alpha value is -0.120. The van der Waals surface area contributed by atoms with Crippen LogP contribution in [0.2, 0.25) is 0 Å². The maximum Gasteiger partial charge on any atom is -0.00519 e. The molecular formula is C9H24N2O. The first-order valence-electron chi connectivity index (χ1n) is 4.82. The van der Waals surface area contributed by atoms with Crippen molar-refractivity contribution in [2.45, 2.75) is 45.4 Å². The Kier molecular flexibility index (Phi) is 20.5. The van der Waals surface area contributed by atoms with E-state index in [9.17, 15) is 0 Å². The molecule has 12 heavy (non-hydrogen) atoms. The summed E-state index contributed by atoms with van der Waals surface area (Å²) in [5.74, 6) is 3.50. The molecule has 0 saturated carbocycles. The van der Waals surface area contributed by atoms with Crippen LogP contribution in [0.15, 0.2) is 0 Å². The van der Waals surface area contributed by atoms with E-state index in [-0.39, 0.29) is 0 Å². The topological polar surface area (TPSA) is 58.3 Å². The van der Waals surface area contributed by atoms with Gasteiger partial charge in [0, 0.05) is 0 Å². The Labute approximate surface area is 76.3 Å². The molecule has 0 aromatic rings. The molecule has 0 spiro atoms. The van der Waals surface area contributed by atoms with Gasteiger partial charge >= 0.3 is 0 Å². The lowest BCUT2D eigenvalue weighted by molar-refractivity contribution is 0.311. The summed E-state index contributed by atoms with van der Waals surface area (Å²) in [6.07, 6.45) is 8.38. The fourth-order valence-electron chi connectivity index (χ4n) is 1.08. The van der Waals surface area contributed by atoms with Crippen LogP contribution < -0.4 is 11.2 Å². The highest BCUT2D eigenvalue weighted by Crippen LogP contribution is 2.03. The monoisotopic (exact) mass is 176 g/mol. The minimum atomic E-state index is 1.19. The minimum Gasteiger partial charge on any atom is -0.320 e. The van der Waals surface area contributed by atoms with Gasteiger partial charge in [-0.15, -0.1) is 0 Å². The fraction of sp³-hybridized carbons (Fsp3) is 1.00. The highest BCUT2D eigenvalue weighted by atomic mass is 16.4. The second-order valence-corrected chi connectivity index (χ2v) is 2.87. The summed E-state index contributed by atoms with van der Waals surface area (Å²) in [6, 6.07) is 0. The standard InChI is InChI=1S/C9H21N.H3NO/c1-3-4-5-6-7-8-9-10-2;1-2/h10H,3-9H2,1-2H3;2H,1H2. The van der Waals surface area contributed by atoms with Gasteiger partial charge in [0.2, 0.25) is 0 Å². The molecule has 0 heterocycles. The summed E-state index contributed by atoms with van der Waals surface area (Å²) in [4.78, 5) is 0. The molecule has 0 fully saturated rings. The number of unbranched alkanes of at least 4 members (excludes halogenated alkanes) is 5. The molecule has 0 aliphatic carbocycles. The molecule has 76 valence electrons. The van der Waals surface area contributed by atoms with Crippen molar-refractivity contribution in [1.29, 1.82) is 0 Å². The van der Waals surface area contributed by atoms with Crippen molar-refractivity contribution in [2.75, 3.05) is 13.6 Å². The molecule has 0 unspecified atom stereocenters. The van der Waals surface area contributed by atoms with Gasteiger partial charge in [0.05, 0.1) is 0 Å². The lowest BCUT2D eigenvalue weighted by Gasteiger charge is -1.98. The zero-order valence-electron chi connectivity index (χ0n) is 8.47. The first kappa shape index (κ1) is 14.4. The third kappa shape index (κ3) is 16.5. The van der Waals surface area contributed by atoms with Gasteiger partial charge < -0.3 is 10.5 Å². The van der Waals surface area contributed by atoms with Crippen molar-refractivity contribution in [3.8, 4) is 0 Å². The summed E-state index contributed by atoms with van der Waals surface area (Å²) in [5, 5.41) is 9.66. The van der Waals surface area contributed by atoms with E-state index in [2.05, 4.69) is 18.1 Å². The number of rotatable bonds is 7. The number of hydrogen-bond acceptors (Lipinski definition) is 3. The van der Waals surface area contributed by atoms with Crippen molar-refractivity contribution < 1.29 is 5.21 Å². The normalized spacial score (nSPS) is 9.00. The molecule has 0 atom stereocenters. The quantitative estimate of drug-likeness (QED) is 0.410. The second kappa shape index (κ2) is 17.1. The summed E-state index contributed by atoms with van der Waals surface area (Å²) in [7, 11) is 2.02. The largest absolute Gasteiger partial charge is 0.320 e. The molecule has 3 nitrogen and oxygen atoms in total. The fourth-order valence-corrected chi connectivity index (χ4v) is 1.08. The van der Waals surface area contributed by atoms with Crippen LogP contribution in [0.25, 0.3) is 0 Å². The Morgan fingerprint density at radius 2 is 1.50 bits per heavy atom. The summed E-state index contributed by atoms with van der Waals surface area (Å²) >= 11 is 0. The molecule has 3 heteroatoms. The van der Waals surface area contributed by atoms with Gasteiger partial charge in [-0.2, -0.15) is 0 Å². The first-order valence-corrected chi connectivity index (χ1v) is 4.82. The lowest BCUT2D eigenvalue weighted by atomic mass is 10.1. The average molecular weight is 176 g/mol. The molecule has 0 amide bonds. The maximum atomic E-state index is 6.50. The van der Waals surface area contributed by atoms with Crippen LogP contribution >= 0.6 is 0 Å². The van der Waals surface area contributed by atoms with Crippen LogP contribution in [0.1, 0.15) is 45.4 Å². The SMILES string of the molecule is CCCCCCCCNC.NO. The smallest absolute Gasteiger partial charge is 0.00519 e. The molecule has 0 radical (unpaired) electrons. The van der Waals surface area contributed by atoms with Crippen molar-refractivity contribution in [1.82, 2.24) is 5.32 Å². The zero-order valence-corrected chi connectivity index (χ0v) is 8.47. The van der Waals surface area contributed by atoms with Crippen LogP contribution in [-0.4, -0.2) is 18.8 Å². The minimum absolute atomic E-state index is 1.19. The molecule has 4 N–H and O–H groups in total. The van der Waals surface area contributed by atoms with E-state index in [1.165, 1.54) is 45.1 Å². The number of nitrogens with two attached hydrogens (primary N) is 1. The van der Waals surface area contributed by atoms with Crippen LogP contribution in [0.4, 0.5) is 0 Å². The Bertz CT molecular complexity index is 52.5. The third-order valence-corrected chi connectivity index (χ3v) is 1.78. The van der Waals surface area contributed by atoms with E-state index in [4.69, 9.17) is 5.21 Å². The van der Waals surface area contributed by atoms with E-state index in [1.54, 1.807) is 0 Å². The van der Waals surface area contributed by atoms with Gasteiger partial charge in [-0.1, -0.05) is 39.0 Å². The number of hydrogen-bond donors (Lipinski definition) is 3. The predicted octanol–water partition coefficient (Wildman–Crippen LogP) is 1.90. The van der Waals surface area contributed by atoms with Crippen LogP contribution in [0.3, 0.4) is 0 Å². The average Bonchev–Trinajstić information content (AvgIpc) is 2.15. The van der Waals surface area contributed by atoms with Gasteiger partial charge in [-0.05, 0) is 20.0 Å². The Morgan fingerprint density at radius 3 is 2.00 bits per heavy atom. The van der Waals surface area contributed by atoms with Crippen LogP contribution in [0.5, 0.6) is 0 Å². The van der Waals surface area contributed by atoms with Crippen molar-refractivity contribution >= 4 is 0 Å². The van der Waals surface area contributed by atoms with Gasteiger partial charge in [0.1, 0.15) is 0 Å². The van der Waals surface area contributed by atoms with Gasteiger partial charge in [-0.25, -0.2) is 5.90 Å². The highest BCUT2D eigenvalue weighted by Gasteiger charge is 1.87. The molecule has 0 aliphatic heterocycles. The van der Waals surface area contributed by atoms with Crippen molar-refractivity contribution in [3.63, 3.8) is 0 Å². The molecule has 0 bridgehead atoms. The van der Waals surface area contributed by atoms with Crippen molar-refractivity contribution in [2.24, 2.45) is 5.90 Å². The van der Waals surface area contributed by atoms with E-state index >= 15 is 0 Å². The van der Waals surface area contributed by atoms with Crippen LogP contribution in [-0.2, 0) is 0 Å². The molecular weight excluding hydrogens is 152 g/mol. The summed E-state index contributed by atoms with van der Waals surface area (Å²) < 4.78 is 0. The second-order valence-electron chi connectivity index (χ2n) is 2.87. The zero-order chi connectivity index (χ0) is 9.66. The van der Waals surface area contributed by atoms with E-state index in [0.717, 1.165) is 0 Å². The Balaban J connectivity index is 0. The third-order valence-electron chi connectivity index (χ3n) is 1.78. The summed E-state index contributed by atoms with van der Waals surface area (Å²) in [6.45, 7) is 3.44. The van der Waals surface area contributed by atoms with Gasteiger partial charge in [-0.3, -0.25) is 0 Å². The van der Waals surface area contributed by atoms with E-state index in [0.29, 0.717) is 0 Å². The van der Waals surface area contributed by atoms with Gasteiger partial charge in [0.15, 0.2) is 0 Å². The maximum absolute atomic E-state index is 6.50. The van der Waals surface area contributed by atoms with E-state index in [1.807, 2.05) is 7.05 Å².